The van der Waals surface area contributed by atoms with Gasteiger partial charge in [0, 0.05) is 11.8 Å². The van der Waals surface area contributed by atoms with Gasteiger partial charge in [0.1, 0.15) is 5.76 Å². The van der Waals surface area contributed by atoms with Crippen molar-refractivity contribution in [2.45, 2.75) is 19.5 Å². The molecule has 1 fully saturated rings. The van der Waals surface area contributed by atoms with Crippen LogP contribution >= 0.6 is 11.8 Å². The first-order valence-electron chi connectivity index (χ1n) is 4.31. The molecule has 3 nitrogen and oxygen atoms in total. The van der Waals surface area contributed by atoms with Crippen molar-refractivity contribution in [3.05, 3.63) is 24.2 Å². The standard InChI is InChI=1S/C9H12N2OS/c1-7-6-13-9(11-7)10-5-8-3-2-4-12-8/h2-4,7H,5-6H2,1H3,(H,10,11). The average molecular weight is 196 g/mol. The highest BCUT2D eigenvalue weighted by Crippen LogP contribution is 2.14. The Hall–Kier alpha value is -0.900. The smallest absolute Gasteiger partial charge is 0.157 e. The fourth-order valence-corrected chi connectivity index (χ4v) is 2.07. The van der Waals surface area contributed by atoms with E-state index in [1.807, 2.05) is 12.1 Å². The van der Waals surface area contributed by atoms with Gasteiger partial charge < -0.3 is 9.73 Å². The van der Waals surface area contributed by atoms with Gasteiger partial charge in [0.05, 0.1) is 12.8 Å². The van der Waals surface area contributed by atoms with Crippen molar-refractivity contribution in [1.29, 1.82) is 0 Å². The summed E-state index contributed by atoms with van der Waals surface area (Å²) >= 11 is 1.77. The van der Waals surface area contributed by atoms with Crippen LogP contribution in [0.25, 0.3) is 0 Å². The molecule has 1 N–H and O–H groups in total. The Kier molecular flexibility index (Phi) is 2.59. The third-order valence-corrected chi connectivity index (χ3v) is 2.99. The average Bonchev–Trinajstić information content (AvgIpc) is 2.71. The van der Waals surface area contributed by atoms with Gasteiger partial charge in [-0.25, -0.2) is 0 Å². The maximum absolute atomic E-state index is 5.18. The molecule has 1 aliphatic heterocycles. The van der Waals surface area contributed by atoms with Crippen molar-refractivity contribution in [2.24, 2.45) is 4.99 Å². The predicted octanol–water partition coefficient (Wildman–Crippen LogP) is 1.86. The summed E-state index contributed by atoms with van der Waals surface area (Å²) in [5.41, 5.74) is 0. The monoisotopic (exact) mass is 196 g/mol. The van der Waals surface area contributed by atoms with Gasteiger partial charge in [-0.05, 0) is 19.1 Å². The molecule has 2 heterocycles. The Morgan fingerprint density at radius 2 is 2.69 bits per heavy atom. The molecule has 0 saturated carbocycles. The van der Waals surface area contributed by atoms with E-state index in [9.17, 15) is 0 Å². The molecule has 0 radical (unpaired) electrons. The van der Waals surface area contributed by atoms with Crippen molar-refractivity contribution >= 4 is 16.9 Å². The largest absolute Gasteiger partial charge is 0.467 e. The lowest BCUT2D eigenvalue weighted by Gasteiger charge is -1.99. The van der Waals surface area contributed by atoms with Gasteiger partial charge in [-0.3, -0.25) is 4.99 Å². The molecule has 1 unspecified atom stereocenters. The van der Waals surface area contributed by atoms with Crippen LogP contribution in [0.15, 0.2) is 27.8 Å². The Morgan fingerprint density at radius 1 is 1.77 bits per heavy atom. The molecule has 4 heteroatoms. The molecular weight excluding hydrogens is 184 g/mol. The fraction of sp³-hybridized carbons (Fsp3) is 0.444. The molecule has 1 aromatic heterocycles. The molecule has 1 saturated heterocycles. The topological polar surface area (TPSA) is 37.5 Å². The fourth-order valence-electron chi connectivity index (χ4n) is 1.14. The second kappa shape index (κ2) is 3.87. The van der Waals surface area contributed by atoms with Crippen LogP contribution in [0.1, 0.15) is 12.7 Å². The Balaban J connectivity index is 1.91. The molecule has 1 aromatic rings. The van der Waals surface area contributed by atoms with Gasteiger partial charge in [0.15, 0.2) is 5.17 Å². The summed E-state index contributed by atoms with van der Waals surface area (Å²) in [6, 6.07) is 4.36. The summed E-state index contributed by atoms with van der Waals surface area (Å²) in [5, 5.41) is 4.32. The lowest BCUT2D eigenvalue weighted by atomic mass is 10.4. The molecule has 0 bridgehead atoms. The third-order valence-electron chi connectivity index (χ3n) is 1.80. The van der Waals surface area contributed by atoms with E-state index in [1.165, 1.54) is 0 Å². The third kappa shape index (κ3) is 2.28. The summed E-state index contributed by atoms with van der Waals surface area (Å²) in [7, 11) is 0. The number of aliphatic imine (C=N–C) groups is 1. The molecular formula is C9H12N2OS. The number of furan rings is 1. The number of rotatable bonds is 2. The summed E-state index contributed by atoms with van der Waals surface area (Å²) in [5.74, 6) is 2.02. The number of hydrogen-bond donors (Lipinski definition) is 1. The van der Waals surface area contributed by atoms with Gasteiger partial charge in [-0.15, -0.1) is 0 Å². The van der Waals surface area contributed by atoms with E-state index in [0.29, 0.717) is 12.6 Å². The first-order chi connectivity index (χ1) is 6.34. The second-order valence-corrected chi connectivity index (χ2v) is 4.07. The number of hydrogen-bond acceptors (Lipinski definition) is 3. The summed E-state index contributed by atoms with van der Waals surface area (Å²) < 4.78 is 5.18. The zero-order valence-electron chi connectivity index (χ0n) is 7.49. The van der Waals surface area contributed by atoms with Crippen molar-refractivity contribution < 1.29 is 4.42 Å². The Labute approximate surface area is 81.6 Å². The maximum Gasteiger partial charge on any atom is 0.157 e. The van der Waals surface area contributed by atoms with Crippen LogP contribution < -0.4 is 5.32 Å². The SMILES string of the molecule is CC1CSC(=NCc2ccco2)N1. The van der Waals surface area contributed by atoms with E-state index in [2.05, 4.69) is 17.2 Å². The molecule has 70 valence electrons. The summed E-state index contributed by atoms with van der Waals surface area (Å²) in [6.45, 7) is 2.79. The van der Waals surface area contributed by atoms with Gasteiger partial charge in [-0.1, -0.05) is 11.8 Å². The van der Waals surface area contributed by atoms with Crippen molar-refractivity contribution in [3.63, 3.8) is 0 Å². The van der Waals surface area contributed by atoms with E-state index in [1.54, 1.807) is 18.0 Å². The first kappa shape index (κ1) is 8.69. The van der Waals surface area contributed by atoms with Gasteiger partial charge in [0.2, 0.25) is 0 Å². The van der Waals surface area contributed by atoms with Crippen molar-refractivity contribution in [3.8, 4) is 0 Å². The predicted molar refractivity (Wildman–Crippen MR) is 54.9 cm³/mol. The number of nitrogens with zero attached hydrogens (tertiary/aromatic N) is 1. The molecule has 0 aliphatic carbocycles. The molecule has 1 atom stereocenters. The summed E-state index contributed by atoms with van der Waals surface area (Å²) in [4.78, 5) is 4.39. The second-order valence-electron chi connectivity index (χ2n) is 3.06. The molecule has 0 spiro atoms. The molecule has 2 rings (SSSR count). The highest BCUT2D eigenvalue weighted by Gasteiger charge is 2.14. The lowest BCUT2D eigenvalue weighted by molar-refractivity contribution is 0.512. The van der Waals surface area contributed by atoms with Gasteiger partial charge >= 0.3 is 0 Å². The van der Waals surface area contributed by atoms with E-state index >= 15 is 0 Å². The lowest BCUT2D eigenvalue weighted by Crippen LogP contribution is -2.23. The number of thioether (sulfide) groups is 1. The van der Waals surface area contributed by atoms with E-state index in [4.69, 9.17) is 4.42 Å². The van der Waals surface area contributed by atoms with E-state index < -0.39 is 0 Å². The van der Waals surface area contributed by atoms with Crippen LogP contribution in [-0.2, 0) is 6.54 Å². The number of amidine groups is 1. The van der Waals surface area contributed by atoms with Gasteiger partial charge in [0.25, 0.3) is 0 Å². The zero-order chi connectivity index (χ0) is 9.10. The maximum atomic E-state index is 5.18. The number of nitrogens with one attached hydrogen (secondary N) is 1. The molecule has 1 aliphatic rings. The van der Waals surface area contributed by atoms with Crippen LogP contribution in [0.3, 0.4) is 0 Å². The quantitative estimate of drug-likeness (QED) is 0.784. The van der Waals surface area contributed by atoms with Crippen LogP contribution in [0.2, 0.25) is 0 Å². The Morgan fingerprint density at radius 3 is 3.31 bits per heavy atom. The first-order valence-corrected chi connectivity index (χ1v) is 5.29. The van der Waals surface area contributed by atoms with E-state index in [0.717, 1.165) is 16.7 Å². The highest BCUT2D eigenvalue weighted by molar-refractivity contribution is 8.14. The minimum absolute atomic E-state index is 0.542. The van der Waals surface area contributed by atoms with Crippen LogP contribution in [0, 0.1) is 0 Å². The highest BCUT2D eigenvalue weighted by atomic mass is 32.2. The van der Waals surface area contributed by atoms with Crippen LogP contribution in [0.5, 0.6) is 0 Å². The van der Waals surface area contributed by atoms with E-state index in [-0.39, 0.29) is 0 Å². The van der Waals surface area contributed by atoms with Crippen LogP contribution in [0.4, 0.5) is 0 Å². The zero-order valence-corrected chi connectivity index (χ0v) is 8.30. The minimum atomic E-state index is 0.542. The summed E-state index contributed by atoms with van der Waals surface area (Å²) in [6.07, 6.45) is 1.67. The minimum Gasteiger partial charge on any atom is -0.467 e. The van der Waals surface area contributed by atoms with Crippen molar-refractivity contribution in [2.75, 3.05) is 5.75 Å². The van der Waals surface area contributed by atoms with Crippen LogP contribution in [-0.4, -0.2) is 17.0 Å². The molecule has 0 amide bonds. The molecule has 13 heavy (non-hydrogen) atoms. The Bertz CT molecular complexity index is 295. The molecule has 0 aromatic carbocycles. The van der Waals surface area contributed by atoms with Crippen molar-refractivity contribution in [1.82, 2.24) is 5.32 Å². The normalized spacial score (nSPS) is 25.0. The van der Waals surface area contributed by atoms with Gasteiger partial charge in [-0.2, -0.15) is 0 Å².